The highest BCUT2D eigenvalue weighted by Gasteiger charge is 2.14. The Labute approximate surface area is 238 Å². The van der Waals surface area contributed by atoms with E-state index in [4.69, 9.17) is 9.84 Å². The van der Waals surface area contributed by atoms with Crippen LogP contribution in [0.15, 0.2) is 103 Å². The molecule has 0 aliphatic heterocycles. The number of aliphatic carboxylic acids is 2. The predicted octanol–water partition coefficient (Wildman–Crippen LogP) is 7.55. The predicted molar refractivity (Wildman–Crippen MR) is 162 cm³/mol. The molecular weight excluding hydrogens is 514 g/mol. The number of carboxylic acids is 2. The Kier molecular flexibility index (Phi) is 8.60. The maximum Gasteiger partial charge on any atom is 0.307 e. The molecule has 5 aromatic rings. The minimum atomic E-state index is -0.907. The van der Waals surface area contributed by atoms with Crippen molar-refractivity contribution < 1.29 is 24.5 Å². The van der Waals surface area contributed by atoms with Crippen molar-refractivity contribution in [2.75, 3.05) is 0 Å². The molecule has 206 valence electrons. The van der Waals surface area contributed by atoms with E-state index in [1.807, 2.05) is 89.6 Å². The molecule has 5 rings (SSSR count). The van der Waals surface area contributed by atoms with Gasteiger partial charge < -0.3 is 19.5 Å². The maximum atomic E-state index is 11.6. The number of aryl methyl sites for hydroxylation is 1. The SMILES string of the molecule is O=C(O)CCCn1cc(CC(=O)O)c2c(C=Cc3ccc(OCc4cccc(-c5ccccc5)c4)cc3)cccc21. The standard InChI is InChI=1S/C35H31NO5/c37-33(38)13-6-20-36-23-30(22-34(39)40)35-28(10-5-12-32(35)36)17-14-25-15-18-31(19-16-25)41-24-26-7-4-11-29(21-26)27-8-2-1-3-9-27/h1-5,7-12,14-19,21,23H,6,13,20,22,24H2,(H,37,38)(H,39,40). The second kappa shape index (κ2) is 12.8. The molecular formula is C35H31NO5. The highest BCUT2D eigenvalue weighted by Crippen LogP contribution is 2.28. The summed E-state index contributed by atoms with van der Waals surface area (Å²) < 4.78 is 8.00. The molecule has 0 saturated heterocycles. The van der Waals surface area contributed by atoms with Gasteiger partial charge in [-0.05, 0) is 64.1 Å². The summed E-state index contributed by atoms with van der Waals surface area (Å²) in [5.74, 6) is -0.975. The van der Waals surface area contributed by atoms with Crippen molar-refractivity contribution in [3.63, 3.8) is 0 Å². The van der Waals surface area contributed by atoms with Crippen molar-refractivity contribution in [2.45, 2.75) is 32.4 Å². The summed E-state index contributed by atoms with van der Waals surface area (Å²) in [6, 6.07) is 32.3. The molecule has 0 atom stereocenters. The molecule has 0 spiro atoms. The number of fused-ring (bicyclic) bond motifs is 1. The Bertz CT molecular complexity index is 1680. The van der Waals surface area contributed by atoms with Crippen LogP contribution in [0, 0.1) is 0 Å². The molecule has 6 nitrogen and oxygen atoms in total. The van der Waals surface area contributed by atoms with E-state index in [1.165, 1.54) is 5.56 Å². The molecule has 0 aliphatic rings. The van der Waals surface area contributed by atoms with Gasteiger partial charge in [0, 0.05) is 30.1 Å². The maximum absolute atomic E-state index is 11.6. The lowest BCUT2D eigenvalue weighted by Gasteiger charge is -2.09. The average Bonchev–Trinajstić information content (AvgIpc) is 3.33. The first-order chi connectivity index (χ1) is 20.0. The second-order valence-corrected chi connectivity index (χ2v) is 9.91. The number of hydrogen-bond donors (Lipinski definition) is 2. The van der Waals surface area contributed by atoms with Gasteiger partial charge in [-0.25, -0.2) is 0 Å². The van der Waals surface area contributed by atoms with Gasteiger partial charge in [0.2, 0.25) is 0 Å². The minimum absolute atomic E-state index is 0.0628. The molecule has 4 aromatic carbocycles. The van der Waals surface area contributed by atoms with Gasteiger partial charge in [0.05, 0.1) is 6.42 Å². The Morgan fingerprint density at radius 2 is 1.54 bits per heavy atom. The number of aromatic nitrogens is 1. The number of carbonyl (C=O) groups is 2. The van der Waals surface area contributed by atoms with Crippen LogP contribution in [-0.4, -0.2) is 26.7 Å². The van der Waals surface area contributed by atoms with Gasteiger partial charge in [-0.1, -0.05) is 84.9 Å². The molecule has 1 heterocycles. The number of ether oxygens (including phenoxy) is 1. The largest absolute Gasteiger partial charge is 0.489 e. The molecule has 0 amide bonds. The smallest absolute Gasteiger partial charge is 0.307 e. The molecule has 0 radical (unpaired) electrons. The van der Waals surface area contributed by atoms with Crippen LogP contribution in [0.25, 0.3) is 34.2 Å². The Balaban J connectivity index is 1.29. The third-order valence-corrected chi connectivity index (χ3v) is 6.92. The van der Waals surface area contributed by atoms with Gasteiger partial charge in [-0.2, -0.15) is 0 Å². The lowest BCUT2D eigenvalue weighted by Crippen LogP contribution is -2.01. The summed E-state index contributed by atoms with van der Waals surface area (Å²) in [5, 5.41) is 19.3. The molecule has 0 saturated carbocycles. The van der Waals surface area contributed by atoms with Crippen molar-refractivity contribution in [1.82, 2.24) is 4.57 Å². The third-order valence-electron chi connectivity index (χ3n) is 6.92. The fourth-order valence-electron chi connectivity index (χ4n) is 4.99. The fraction of sp³-hybridized carbons (Fsp3) is 0.143. The van der Waals surface area contributed by atoms with Crippen LogP contribution < -0.4 is 4.74 Å². The van der Waals surface area contributed by atoms with Crippen molar-refractivity contribution >= 4 is 35.0 Å². The van der Waals surface area contributed by atoms with Gasteiger partial charge in [0.1, 0.15) is 12.4 Å². The lowest BCUT2D eigenvalue weighted by molar-refractivity contribution is -0.137. The van der Waals surface area contributed by atoms with Crippen LogP contribution in [0.1, 0.15) is 35.1 Å². The Morgan fingerprint density at radius 3 is 2.29 bits per heavy atom. The quantitative estimate of drug-likeness (QED) is 0.158. The summed E-state index contributed by atoms with van der Waals surface area (Å²) >= 11 is 0. The van der Waals surface area contributed by atoms with Gasteiger partial charge in [-0.3, -0.25) is 9.59 Å². The number of rotatable bonds is 12. The van der Waals surface area contributed by atoms with Crippen LogP contribution in [0.5, 0.6) is 5.75 Å². The normalized spacial score (nSPS) is 11.2. The molecule has 0 fully saturated rings. The van der Waals surface area contributed by atoms with E-state index < -0.39 is 11.9 Å². The topological polar surface area (TPSA) is 88.8 Å². The minimum Gasteiger partial charge on any atom is -0.489 e. The number of hydrogen-bond acceptors (Lipinski definition) is 3. The van der Waals surface area contributed by atoms with Crippen LogP contribution in [-0.2, 0) is 29.2 Å². The van der Waals surface area contributed by atoms with E-state index in [1.54, 1.807) is 0 Å². The van der Waals surface area contributed by atoms with Crippen molar-refractivity contribution in [1.29, 1.82) is 0 Å². The van der Waals surface area contributed by atoms with Gasteiger partial charge in [0.15, 0.2) is 0 Å². The summed E-state index contributed by atoms with van der Waals surface area (Å²) in [6.07, 6.45) is 6.24. The van der Waals surface area contributed by atoms with Crippen LogP contribution in [0.3, 0.4) is 0 Å². The third kappa shape index (κ3) is 7.11. The van der Waals surface area contributed by atoms with Gasteiger partial charge in [-0.15, -0.1) is 0 Å². The Hall–Kier alpha value is -5.10. The highest BCUT2D eigenvalue weighted by molar-refractivity contribution is 5.96. The fourth-order valence-corrected chi connectivity index (χ4v) is 4.99. The van der Waals surface area contributed by atoms with E-state index >= 15 is 0 Å². The zero-order valence-corrected chi connectivity index (χ0v) is 22.6. The number of benzene rings is 4. The van der Waals surface area contributed by atoms with Gasteiger partial charge in [0.25, 0.3) is 0 Å². The molecule has 2 N–H and O–H groups in total. The van der Waals surface area contributed by atoms with Crippen molar-refractivity contribution in [3.8, 4) is 16.9 Å². The molecule has 0 aliphatic carbocycles. The number of nitrogens with zero attached hydrogens (tertiary/aromatic N) is 1. The van der Waals surface area contributed by atoms with E-state index in [0.29, 0.717) is 25.1 Å². The average molecular weight is 546 g/mol. The molecule has 0 unspecified atom stereocenters. The van der Waals surface area contributed by atoms with Crippen LogP contribution in [0.4, 0.5) is 0 Å². The first-order valence-electron chi connectivity index (χ1n) is 13.6. The van der Waals surface area contributed by atoms with Crippen LogP contribution >= 0.6 is 0 Å². The lowest BCUT2D eigenvalue weighted by atomic mass is 10.0. The molecule has 6 heteroatoms. The zero-order valence-electron chi connectivity index (χ0n) is 22.6. The van der Waals surface area contributed by atoms with E-state index in [0.717, 1.165) is 38.9 Å². The molecule has 41 heavy (non-hydrogen) atoms. The zero-order chi connectivity index (χ0) is 28.6. The summed E-state index contributed by atoms with van der Waals surface area (Å²) in [6.45, 7) is 0.973. The summed E-state index contributed by atoms with van der Waals surface area (Å²) in [4.78, 5) is 22.5. The number of carboxylic acid groups (broad SMARTS) is 2. The van der Waals surface area contributed by atoms with E-state index in [2.05, 4.69) is 30.3 Å². The van der Waals surface area contributed by atoms with E-state index in [9.17, 15) is 14.7 Å². The van der Waals surface area contributed by atoms with Crippen molar-refractivity contribution in [2.24, 2.45) is 0 Å². The first-order valence-corrected chi connectivity index (χ1v) is 13.6. The highest BCUT2D eigenvalue weighted by atomic mass is 16.5. The van der Waals surface area contributed by atoms with Crippen LogP contribution in [0.2, 0.25) is 0 Å². The molecule has 1 aromatic heterocycles. The first kappa shape index (κ1) is 27.5. The second-order valence-electron chi connectivity index (χ2n) is 9.91. The van der Waals surface area contributed by atoms with Gasteiger partial charge >= 0.3 is 11.9 Å². The van der Waals surface area contributed by atoms with E-state index in [-0.39, 0.29) is 12.8 Å². The molecule has 0 bridgehead atoms. The van der Waals surface area contributed by atoms with Crippen molar-refractivity contribution in [3.05, 3.63) is 126 Å². The summed E-state index contributed by atoms with van der Waals surface area (Å²) in [7, 11) is 0. The summed E-state index contributed by atoms with van der Waals surface area (Å²) in [5.41, 5.74) is 6.93. The monoisotopic (exact) mass is 545 g/mol. The Morgan fingerprint density at radius 1 is 0.780 bits per heavy atom.